The van der Waals surface area contributed by atoms with Crippen LogP contribution in [0.3, 0.4) is 0 Å². The smallest absolute Gasteiger partial charge is 0.159 e. The van der Waals surface area contributed by atoms with Crippen LogP contribution < -0.4 is 20.4 Å². The van der Waals surface area contributed by atoms with E-state index in [1.165, 1.54) is 107 Å². The van der Waals surface area contributed by atoms with Gasteiger partial charge >= 0.3 is 0 Å². The molecule has 9 heterocycles. The number of hydrogen-bond acceptors (Lipinski definition) is 7. The van der Waals surface area contributed by atoms with Gasteiger partial charge in [-0.05, 0) is 129 Å². The first-order chi connectivity index (χ1) is 28.3. The number of anilines is 2. The fourth-order valence-corrected chi connectivity index (χ4v) is 16.8. The molecule has 8 aliphatic heterocycles. The average Bonchev–Trinajstić information content (AvgIpc) is 4.00. The van der Waals surface area contributed by atoms with Gasteiger partial charge in [0, 0.05) is 77.3 Å². The third-order valence-electron chi connectivity index (χ3n) is 18.2. The maximum Gasteiger partial charge on any atom is 0.159 e. The van der Waals surface area contributed by atoms with Crippen molar-refractivity contribution >= 4 is 18.1 Å². The Balaban J connectivity index is 0.975. The number of fused-ring (bicyclic) bond motifs is 12. The summed E-state index contributed by atoms with van der Waals surface area (Å²) in [5, 5.41) is 8.62. The Labute approximate surface area is 339 Å². The lowest BCUT2D eigenvalue weighted by molar-refractivity contribution is 0.0181. The van der Waals surface area contributed by atoms with Crippen LogP contribution in [0.2, 0.25) is 17.5 Å². The second-order valence-corrected chi connectivity index (χ2v) is 20.2. The predicted molar refractivity (Wildman–Crippen MR) is 228 cm³/mol. The van der Waals surface area contributed by atoms with E-state index < -0.39 is 0 Å². The van der Waals surface area contributed by atoms with E-state index in [9.17, 15) is 0 Å². The molecular formula is C49H58BN7. The van der Waals surface area contributed by atoms with Gasteiger partial charge in [-0.3, -0.25) is 4.98 Å². The van der Waals surface area contributed by atoms with E-state index in [2.05, 4.69) is 115 Å². The molecule has 2 aromatic carbocycles. The normalized spacial score (nSPS) is 42.0. The summed E-state index contributed by atoms with van der Waals surface area (Å²) in [5.41, 5.74) is 7.82. The highest BCUT2D eigenvalue weighted by molar-refractivity contribution is 6.65. The van der Waals surface area contributed by atoms with Crippen LogP contribution in [0, 0.1) is 11.8 Å². The van der Waals surface area contributed by atoms with Crippen molar-refractivity contribution in [2.24, 2.45) is 11.8 Å². The van der Waals surface area contributed by atoms with Crippen molar-refractivity contribution in [3.8, 4) is 0 Å². The molecule has 4 saturated heterocycles. The fourth-order valence-electron chi connectivity index (χ4n) is 16.8. The molecule has 292 valence electrons. The standard InChI is InChI=1S/C49H58BN7/c1-3-13-30(14-4-1)54-37-20-9-7-17-32(37)41-44-46-34(22-25-52-44)50-35-23-26-53-45-42-33-18-8-10-21-38(33)55(31-15-5-2-6-16-31)49(42)57(47(35)45)40-28-29(36-19-11-12-24-51-36)27-39(43(40)50)56(46)48(41)54/h1-6,11-16,19,24,29,32-35,37-40,43-47,52-53H,7-10,17-18,20-23,25-28H2. The van der Waals surface area contributed by atoms with Crippen LogP contribution >= 0.6 is 0 Å². The van der Waals surface area contributed by atoms with Gasteiger partial charge in [0.15, 0.2) is 6.71 Å². The van der Waals surface area contributed by atoms with E-state index in [0.29, 0.717) is 71.9 Å². The number of rotatable bonds is 3. The van der Waals surface area contributed by atoms with E-state index >= 15 is 0 Å². The molecule has 57 heavy (non-hydrogen) atoms. The molecule has 7 fully saturated rings. The first-order valence-corrected chi connectivity index (χ1v) is 23.5. The Hall–Kier alpha value is -3.75. The van der Waals surface area contributed by atoms with Gasteiger partial charge in [0.25, 0.3) is 0 Å². The Bertz CT molecular complexity index is 2000. The third-order valence-corrected chi connectivity index (χ3v) is 18.2. The van der Waals surface area contributed by atoms with Gasteiger partial charge in [-0.25, -0.2) is 0 Å². The number of para-hydroxylation sites is 2. The average molecular weight is 756 g/mol. The molecule has 3 saturated carbocycles. The summed E-state index contributed by atoms with van der Waals surface area (Å²) in [6, 6.07) is 34.4. The molecule has 3 aliphatic carbocycles. The van der Waals surface area contributed by atoms with Crippen LogP contribution in [-0.2, 0) is 0 Å². The van der Waals surface area contributed by atoms with Crippen molar-refractivity contribution in [3.63, 3.8) is 0 Å². The number of nitrogens with one attached hydrogen (secondary N) is 2. The lowest BCUT2D eigenvalue weighted by atomic mass is 9.19. The highest BCUT2D eigenvalue weighted by Gasteiger charge is 2.72. The minimum atomic E-state index is 0.452. The molecule has 0 amide bonds. The third kappa shape index (κ3) is 4.35. The largest absolute Gasteiger partial charge is 0.351 e. The summed E-state index contributed by atoms with van der Waals surface area (Å²) in [5.74, 6) is 7.24. The zero-order chi connectivity index (χ0) is 36.9. The molecule has 3 aromatic rings. The number of piperidine rings is 2. The Morgan fingerprint density at radius 2 is 1.05 bits per heavy atom. The number of nitrogens with zero attached hydrogens (tertiary/aromatic N) is 5. The Morgan fingerprint density at radius 1 is 0.544 bits per heavy atom. The maximum atomic E-state index is 5.20. The summed E-state index contributed by atoms with van der Waals surface area (Å²) in [7, 11) is 0. The van der Waals surface area contributed by atoms with Gasteiger partial charge in [0.2, 0.25) is 0 Å². The molecule has 0 bridgehead atoms. The van der Waals surface area contributed by atoms with E-state index in [-0.39, 0.29) is 0 Å². The highest BCUT2D eigenvalue weighted by Crippen LogP contribution is 2.68. The minimum absolute atomic E-state index is 0.452. The molecule has 12 unspecified atom stereocenters. The summed E-state index contributed by atoms with van der Waals surface area (Å²) in [6.45, 7) is 3.13. The molecular weight excluding hydrogens is 697 g/mol. The summed E-state index contributed by atoms with van der Waals surface area (Å²) in [6.07, 6.45) is 18.0. The molecule has 0 radical (unpaired) electrons. The fraction of sp³-hybridized carbons (Fsp3) is 0.571. The first kappa shape index (κ1) is 33.1. The van der Waals surface area contributed by atoms with Crippen molar-refractivity contribution in [1.82, 2.24) is 25.4 Å². The Kier molecular flexibility index (Phi) is 7.20. The summed E-state index contributed by atoms with van der Waals surface area (Å²) >= 11 is 0. The minimum Gasteiger partial charge on any atom is -0.351 e. The zero-order valence-corrected chi connectivity index (χ0v) is 33.4. The van der Waals surface area contributed by atoms with Gasteiger partial charge in [0.1, 0.15) is 11.6 Å². The second kappa shape index (κ2) is 12.4. The van der Waals surface area contributed by atoms with Crippen LogP contribution in [-0.4, -0.2) is 82.9 Å². The van der Waals surface area contributed by atoms with Gasteiger partial charge in [-0.15, -0.1) is 0 Å². The lowest BCUT2D eigenvalue weighted by Gasteiger charge is -2.68. The van der Waals surface area contributed by atoms with Crippen molar-refractivity contribution < 1.29 is 0 Å². The van der Waals surface area contributed by atoms with E-state index in [4.69, 9.17) is 4.98 Å². The molecule has 14 rings (SSSR count). The quantitative estimate of drug-likeness (QED) is 0.263. The van der Waals surface area contributed by atoms with E-state index in [0.717, 1.165) is 18.3 Å². The van der Waals surface area contributed by atoms with Crippen LogP contribution in [0.15, 0.2) is 108 Å². The van der Waals surface area contributed by atoms with Crippen LogP contribution in [0.1, 0.15) is 88.7 Å². The topological polar surface area (TPSA) is 49.9 Å². The Morgan fingerprint density at radius 3 is 1.56 bits per heavy atom. The molecule has 11 aliphatic rings. The van der Waals surface area contributed by atoms with Gasteiger partial charge in [0.05, 0.1) is 12.1 Å². The van der Waals surface area contributed by atoms with Crippen molar-refractivity contribution in [1.29, 1.82) is 0 Å². The molecule has 2 N–H and O–H groups in total. The first-order valence-electron chi connectivity index (χ1n) is 23.5. The number of hydrogen-bond donors (Lipinski definition) is 2. The summed E-state index contributed by atoms with van der Waals surface area (Å²) < 4.78 is 0. The van der Waals surface area contributed by atoms with Crippen molar-refractivity contribution in [3.05, 3.63) is 114 Å². The van der Waals surface area contributed by atoms with Crippen LogP contribution in [0.25, 0.3) is 0 Å². The number of aromatic nitrogens is 1. The monoisotopic (exact) mass is 755 g/mol. The second-order valence-electron chi connectivity index (χ2n) is 20.2. The molecule has 12 atom stereocenters. The van der Waals surface area contributed by atoms with Crippen molar-refractivity contribution in [2.45, 2.75) is 149 Å². The molecule has 8 heteroatoms. The van der Waals surface area contributed by atoms with Gasteiger partial charge < -0.3 is 30.2 Å². The SMILES string of the molecule is c1ccc(N2C3=C(C4CCCCC42)C2NCCC4B5C6CCNC7C8=C(N(c9ccccc9)C9CCCCC89)N(C8CC(c9ccccn9)CC(C58)N3C42)C67)cc1. The molecule has 1 aromatic heterocycles. The van der Waals surface area contributed by atoms with Gasteiger partial charge in [-0.2, -0.15) is 0 Å². The zero-order valence-electron chi connectivity index (χ0n) is 33.4. The van der Waals surface area contributed by atoms with E-state index in [1.54, 1.807) is 11.6 Å². The number of pyridine rings is 1. The van der Waals surface area contributed by atoms with E-state index in [1.807, 2.05) is 11.1 Å². The number of benzene rings is 2. The van der Waals surface area contributed by atoms with Crippen LogP contribution in [0.4, 0.5) is 11.4 Å². The predicted octanol–water partition coefficient (Wildman–Crippen LogP) is 8.00. The van der Waals surface area contributed by atoms with Crippen LogP contribution in [0.5, 0.6) is 0 Å². The lowest BCUT2D eigenvalue weighted by Crippen LogP contribution is -2.75. The maximum absolute atomic E-state index is 5.20. The molecule has 0 spiro atoms. The highest BCUT2D eigenvalue weighted by atomic mass is 15.5. The summed E-state index contributed by atoms with van der Waals surface area (Å²) in [4.78, 5) is 17.4. The molecule has 7 nitrogen and oxygen atoms in total. The van der Waals surface area contributed by atoms with Gasteiger partial charge in [-0.1, -0.05) is 68.1 Å². The van der Waals surface area contributed by atoms with Crippen molar-refractivity contribution in [2.75, 3.05) is 22.9 Å².